The maximum absolute atomic E-state index is 12.5. The average Bonchev–Trinajstić information content (AvgIpc) is 3.00. The van der Waals surface area contributed by atoms with E-state index in [0.29, 0.717) is 13.1 Å². The number of nitrogens with zero attached hydrogens (tertiary/aromatic N) is 4. The van der Waals surface area contributed by atoms with Crippen molar-refractivity contribution in [2.75, 3.05) is 44.7 Å². The molecule has 3 rings (SSSR count). The van der Waals surface area contributed by atoms with Gasteiger partial charge in [0, 0.05) is 32.4 Å². The lowest BCUT2D eigenvalue weighted by atomic mass is 10.3. The van der Waals surface area contributed by atoms with Gasteiger partial charge in [-0.05, 0) is 38.2 Å². The SMILES string of the molecule is Cc1ccc(CN(C)CC(=O)N2CCN(c3ccccn3)CC2)o1. The Labute approximate surface area is 142 Å². The Bertz CT molecular complexity index is 663. The Kier molecular flexibility index (Phi) is 5.15. The van der Waals surface area contributed by atoms with Gasteiger partial charge in [0.05, 0.1) is 13.1 Å². The van der Waals surface area contributed by atoms with Crippen molar-refractivity contribution in [1.82, 2.24) is 14.8 Å². The lowest BCUT2D eigenvalue weighted by Gasteiger charge is -2.36. The van der Waals surface area contributed by atoms with E-state index in [1.165, 1.54) is 0 Å². The van der Waals surface area contributed by atoms with Crippen LogP contribution in [-0.4, -0.2) is 60.5 Å². The van der Waals surface area contributed by atoms with Crippen LogP contribution in [-0.2, 0) is 11.3 Å². The number of aromatic nitrogens is 1. The summed E-state index contributed by atoms with van der Waals surface area (Å²) in [6.45, 7) is 6.10. The van der Waals surface area contributed by atoms with Crippen LogP contribution >= 0.6 is 0 Å². The molecular weight excluding hydrogens is 304 g/mol. The van der Waals surface area contributed by atoms with E-state index in [4.69, 9.17) is 4.42 Å². The normalized spacial score (nSPS) is 15.1. The molecule has 0 unspecified atom stereocenters. The minimum absolute atomic E-state index is 0.168. The van der Waals surface area contributed by atoms with Gasteiger partial charge in [0.15, 0.2) is 0 Å². The Balaban J connectivity index is 1.46. The maximum atomic E-state index is 12.5. The molecular formula is C18H24N4O2. The summed E-state index contributed by atoms with van der Waals surface area (Å²) >= 11 is 0. The number of anilines is 1. The van der Waals surface area contributed by atoms with Crippen molar-refractivity contribution in [2.45, 2.75) is 13.5 Å². The minimum Gasteiger partial charge on any atom is -0.465 e. The molecule has 0 aliphatic carbocycles. The predicted molar refractivity (Wildman–Crippen MR) is 92.8 cm³/mol. The summed E-state index contributed by atoms with van der Waals surface area (Å²) < 4.78 is 5.56. The third-order valence-electron chi connectivity index (χ3n) is 4.23. The second-order valence-corrected chi connectivity index (χ2v) is 6.24. The van der Waals surface area contributed by atoms with Gasteiger partial charge < -0.3 is 14.2 Å². The smallest absolute Gasteiger partial charge is 0.236 e. The van der Waals surface area contributed by atoms with Crippen molar-refractivity contribution in [3.63, 3.8) is 0 Å². The Morgan fingerprint density at radius 3 is 2.62 bits per heavy atom. The van der Waals surface area contributed by atoms with Gasteiger partial charge in [-0.15, -0.1) is 0 Å². The zero-order valence-electron chi connectivity index (χ0n) is 14.3. The molecule has 6 nitrogen and oxygen atoms in total. The quantitative estimate of drug-likeness (QED) is 0.837. The Morgan fingerprint density at radius 2 is 2.00 bits per heavy atom. The second kappa shape index (κ2) is 7.49. The summed E-state index contributed by atoms with van der Waals surface area (Å²) in [5, 5.41) is 0. The fourth-order valence-electron chi connectivity index (χ4n) is 2.95. The first kappa shape index (κ1) is 16.5. The molecule has 0 aromatic carbocycles. The number of aryl methyl sites for hydroxylation is 1. The number of furan rings is 1. The lowest BCUT2D eigenvalue weighted by Crippen LogP contribution is -2.51. The number of carbonyl (C=O) groups excluding carboxylic acids is 1. The highest BCUT2D eigenvalue weighted by Gasteiger charge is 2.22. The number of hydrogen-bond acceptors (Lipinski definition) is 5. The summed E-state index contributed by atoms with van der Waals surface area (Å²) in [4.78, 5) is 23.0. The summed E-state index contributed by atoms with van der Waals surface area (Å²) in [6, 6.07) is 9.82. The largest absolute Gasteiger partial charge is 0.465 e. The molecule has 1 fully saturated rings. The standard InChI is InChI=1S/C18H24N4O2/c1-15-6-7-16(24-15)13-20(2)14-18(23)22-11-9-21(10-12-22)17-5-3-4-8-19-17/h3-8H,9-14H2,1-2H3. The first-order valence-corrected chi connectivity index (χ1v) is 8.29. The van der Waals surface area contributed by atoms with Crippen molar-refractivity contribution in [2.24, 2.45) is 0 Å². The molecule has 1 aliphatic rings. The Morgan fingerprint density at radius 1 is 1.21 bits per heavy atom. The number of hydrogen-bond donors (Lipinski definition) is 0. The van der Waals surface area contributed by atoms with Crippen LogP contribution in [0.5, 0.6) is 0 Å². The summed E-state index contributed by atoms with van der Waals surface area (Å²) in [6.07, 6.45) is 1.80. The average molecular weight is 328 g/mol. The van der Waals surface area contributed by atoms with Crippen LogP contribution in [0.15, 0.2) is 40.9 Å². The molecule has 2 aromatic rings. The number of piperazine rings is 1. The van der Waals surface area contributed by atoms with E-state index < -0.39 is 0 Å². The van der Waals surface area contributed by atoms with E-state index in [9.17, 15) is 4.79 Å². The fourth-order valence-corrected chi connectivity index (χ4v) is 2.95. The molecule has 128 valence electrons. The molecule has 0 spiro atoms. The van der Waals surface area contributed by atoms with Crippen molar-refractivity contribution in [3.8, 4) is 0 Å². The van der Waals surface area contributed by atoms with Gasteiger partial charge in [-0.1, -0.05) is 6.07 Å². The molecule has 1 amide bonds. The van der Waals surface area contributed by atoms with Gasteiger partial charge in [-0.3, -0.25) is 9.69 Å². The third kappa shape index (κ3) is 4.14. The summed E-state index contributed by atoms with van der Waals surface area (Å²) in [5.41, 5.74) is 0. The summed E-state index contributed by atoms with van der Waals surface area (Å²) in [7, 11) is 1.94. The van der Waals surface area contributed by atoms with Gasteiger partial charge in [0.2, 0.25) is 5.91 Å². The number of pyridine rings is 1. The van der Waals surface area contributed by atoms with Gasteiger partial charge in [0.25, 0.3) is 0 Å². The van der Waals surface area contributed by atoms with Crippen LogP contribution in [0.25, 0.3) is 0 Å². The maximum Gasteiger partial charge on any atom is 0.236 e. The fraction of sp³-hybridized carbons (Fsp3) is 0.444. The first-order valence-electron chi connectivity index (χ1n) is 8.29. The Hall–Kier alpha value is -2.34. The minimum atomic E-state index is 0.168. The zero-order valence-corrected chi connectivity index (χ0v) is 14.3. The van der Waals surface area contributed by atoms with Crippen molar-refractivity contribution < 1.29 is 9.21 Å². The summed E-state index contributed by atoms with van der Waals surface area (Å²) in [5.74, 6) is 2.94. The van der Waals surface area contributed by atoms with Gasteiger partial charge >= 0.3 is 0 Å². The van der Waals surface area contributed by atoms with Crippen LogP contribution < -0.4 is 4.90 Å². The van der Waals surface area contributed by atoms with Crippen LogP contribution in [0, 0.1) is 6.92 Å². The van der Waals surface area contributed by atoms with Crippen LogP contribution in [0.1, 0.15) is 11.5 Å². The topological polar surface area (TPSA) is 52.8 Å². The van der Waals surface area contributed by atoms with Crippen molar-refractivity contribution in [1.29, 1.82) is 0 Å². The molecule has 0 N–H and O–H groups in total. The van der Waals surface area contributed by atoms with Crippen molar-refractivity contribution >= 4 is 11.7 Å². The van der Waals surface area contributed by atoms with E-state index in [1.54, 1.807) is 6.20 Å². The molecule has 24 heavy (non-hydrogen) atoms. The first-order chi connectivity index (χ1) is 11.6. The highest BCUT2D eigenvalue weighted by atomic mass is 16.3. The molecule has 3 heterocycles. The van der Waals surface area contributed by atoms with Crippen molar-refractivity contribution in [3.05, 3.63) is 48.0 Å². The highest BCUT2D eigenvalue weighted by molar-refractivity contribution is 5.78. The van der Waals surface area contributed by atoms with Crippen LogP contribution in [0.2, 0.25) is 0 Å². The molecule has 0 saturated carbocycles. The van der Waals surface area contributed by atoms with E-state index in [1.807, 2.05) is 54.1 Å². The number of likely N-dealkylation sites (N-methyl/N-ethyl adjacent to an activating group) is 1. The van der Waals surface area contributed by atoms with E-state index >= 15 is 0 Å². The van der Waals surface area contributed by atoms with E-state index in [2.05, 4.69) is 9.88 Å². The molecule has 0 radical (unpaired) electrons. The van der Waals surface area contributed by atoms with Gasteiger partial charge in [-0.25, -0.2) is 4.98 Å². The monoisotopic (exact) mass is 328 g/mol. The number of rotatable bonds is 5. The lowest BCUT2D eigenvalue weighted by molar-refractivity contribution is -0.132. The van der Waals surface area contributed by atoms with Crippen LogP contribution in [0.3, 0.4) is 0 Å². The van der Waals surface area contributed by atoms with E-state index in [-0.39, 0.29) is 5.91 Å². The second-order valence-electron chi connectivity index (χ2n) is 6.24. The van der Waals surface area contributed by atoms with E-state index in [0.717, 1.165) is 43.5 Å². The molecule has 6 heteroatoms. The number of amides is 1. The van der Waals surface area contributed by atoms with Crippen LogP contribution in [0.4, 0.5) is 5.82 Å². The third-order valence-corrected chi connectivity index (χ3v) is 4.23. The predicted octanol–water partition coefficient (Wildman–Crippen LogP) is 1.76. The van der Waals surface area contributed by atoms with Gasteiger partial charge in [0.1, 0.15) is 17.3 Å². The molecule has 1 saturated heterocycles. The molecule has 1 aliphatic heterocycles. The highest BCUT2D eigenvalue weighted by Crippen LogP contribution is 2.13. The molecule has 0 bridgehead atoms. The molecule has 0 atom stereocenters. The molecule has 2 aromatic heterocycles. The number of carbonyl (C=O) groups is 1. The zero-order chi connectivity index (χ0) is 16.9. The van der Waals surface area contributed by atoms with Gasteiger partial charge in [-0.2, -0.15) is 0 Å².